The van der Waals surface area contributed by atoms with Gasteiger partial charge in [-0.05, 0) is 42.8 Å². The molecule has 212 valence electrons. The van der Waals surface area contributed by atoms with Crippen molar-refractivity contribution in [1.82, 2.24) is 19.4 Å². The Bertz CT molecular complexity index is 1620. The highest BCUT2D eigenvalue weighted by Crippen LogP contribution is 2.29. The van der Waals surface area contributed by atoms with Crippen molar-refractivity contribution in [2.45, 2.75) is 44.7 Å². The standard InChI is InChI=1S/C29H26ClFN4O6/c30-19-6-4-18(21(31)13-19)16-40-27-3-1-2-23(33-27)25-8-10-34(29(38)41-25)15-26-32-22-7-5-17(28(36)37)12-24(22)35(26)14-20-9-11-39-20/h1-7,12-13,20,25H,8-11,14-16H2,(H,36,37). The Labute approximate surface area is 239 Å². The number of benzene rings is 2. The Hall–Kier alpha value is -4.22. The molecule has 6 rings (SSSR count). The Balaban J connectivity index is 1.14. The van der Waals surface area contributed by atoms with Crippen LogP contribution in [0.1, 0.15) is 46.4 Å². The zero-order chi connectivity index (χ0) is 28.5. The number of amides is 1. The first-order chi connectivity index (χ1) is 19.8. The van der Waals surface area contributed by atoms with Gasteiger partial charge in [0.25, 0.3) is 0 Å². The number of rotatable bonds is 9. The van der Waals surface area contributed by atoms with Gasteiger partial charge in [0.15, 0.2) is 0 Å². The molecular weight excluding hydrogens is 555 g/mol. The van der Waals surface area contributed by atoms with Gasteiger partial charge in [0.05, 0.1) is 41.5 Å². The van der Waals surface area contributed by atoms with Gasteiger partial charge >= 0.3 is 12.1 Å². The van der Waals surface area contributed by atoms with Crippen LogP contribution in [-0.2, 0) is 29.2 Å². The molecule has 2 aliphatic heterocycles. The number of imidazole rings is 1. The average molecular weight is 581 g/mol. The van der Waals surface area contributed by atoms with Crippen LogP contribution in [0.25, 0.3) is 11.0 Å². The van der Waals surface area contributed by atoms with E-state index in [2.05, 4.69) is 4.98 Å². The third-order valence-corrected chi connectivity index (χ3v) is 7.45. The predicted octanol–water partition coefficient (Wildman–Crippen LogP) is 5.37. The summed E-state index contributed by atoms with van der Waals surface area (Å²) in [5.74, 6) is -0.586. The number of carbonyl (C=O) groups excluding carboxylic acids is 1. The highest BCUT2D eigenvalue weighted by atomic mass is 35.5. The molecule has 12 heteroatoms. The summed E-state index contributed by atoms with van der Waals surface area (Å²) in [7, 11) is 0. The summed E-state index contributed by atoms with van der Waals surface area (Å²) in [6.07, 6.45) is 0.310. The lowest BCUT2D eigenvalue weighted by atomic mass is 10.1. The van der Waals surface area contributed by atoms with Crippen molar-refractivity contribution in [2.75, 3.05) is 13.2 Å². The maximum Gasteiger partial charge on any atom is 0.410 e. The van der Waals surface area contributed by atoms with Crippen LogP contribution in [0.5, 0.6) is 5.88 Å². The molecule has 2 aromatic carbocycles. The third-order valence-electron chi connectivity index (χ3n) is 7.21. The largest absolute Gasteiger partial charge is 0.478 e. The van der Waals surface area contributed by atoms with Crippen LogP contribution in [0.4, 0.5) is 9.18 Å². The van der Waals surface area contributed by atoms with E-state index >= 15 is 0 Å². The number of cyclic esters (lactones) is 1. The number of carboxylic acid groups (broad SMARTS) is 1. The lowest BCUT2D eigenvalue weighted by molar-refractivity contribution is -0.0592. The quantitative estimate of drug-likeness (QED) is 0.281. The van der Waals surface area contributed by atoms with Gasteiger partial charge in [0.2, 0.25) is 5.88 Å². The maximum atomic E-state index is 14.1. The number of aromatic carboxylic acids is 1. The van der Waals surface area contributed by atoms with E-state index in [9.17, 15) is 19.1 Å². The number of carbonyl (C=O) groups is 2. The third kappa shape index (κ3) is 5.82. The second-order valence-electron chi connectivity index (χ2n) is 9.94. The highest BCUT2D eigenvalue weighted by Gasteiger charge is 2.31. The minimum absolute atomic E-state index is 0.00840. The van der Waals surface area contributed by atoms with Crippen molar-refractivity contribution >= 4 is 34.7 Å². The molecule has 0 radical (unpaired) electrons. The fourth-order valence-electron chi connectivity index (χ4n) is 4.89. The van der Waals surface area contributed by atoms with Crippen LogP contribution in [0, 0.1) is 5.82 Å². The topological polar surface area (TPSA) is 116 Å². The molecule has 2 fully saturated rings. The van der Waals surface area contributed by atoms with Crippen molar-refractivity contribution in [3.63, 3.8) is 0 Å². The molecule has 2 atom stereocenters. The van der Waals surface area contributed by atoms with E-state index in [1.807, 2.05) is 4.57 Å². The zero-order valence-electron chi connectivity index (χ0n) is 21.8. The smallest absolute Gasteiger partial charge is 0.410 e. The molecule has 0 bridgehead atoms. The first-order valence-electron chi connectivity index (χ1n) is 13.2. The second-order valence-corrected chi connectivity index (χ2v) is 10.4. The molecule has 0 saturated carbocycles. The number of hydrogen-bond donors (Lipinski definition) is 1. The number of aromatic nitrogens is 3. The Morgan fingerprint density at radius 3 is 2.73 bits per heavy atom. The Kier molecular flexibility index (Phi) is 7.46. The van der Waals surface area contributed by atoms with E-state index in [0.717, 1.165) is 6.42 Å². The summed E-state index contributed by atoms with van der Waals surface area (Å²) < 4.78 is 33.1. The molecule has 0 spiro atoms. The minimum atomic E-state index is -1.02. The molecular formula is C29H26ClFN4O6. The molecule has 41 heavy (non-hydrogen) atoms. The van der Waals surface area contributed by atoms with Gasteiger partial charge < -0.3 is 28.8 Å². The van der Waals surface area contributed by atoms with E-state index in [-0.39, 0.29) is 30.7 Å². The van der Waals surface area contributed by atoms with E-state index in [1.54, 1.807) is 47.4 Å². The number of carboxylic acids is 1. The number of halogens is 2. The van der Waals surface area contributed by atoms with Gasteiger partial charge in [0, 0.05) is 36.2 Å². The molecule has 4 aromatic rings. The molecule has 4 heterocycles. The molecule has 2 aliphatic rings. The van der Waals surface area contributed by atoms with Gasteiger partial charge in [-0.15, -0.1) is 0 Å². The number of pyridine rings is 1. The molecule has 2 aromatic heterocycles. The van der Waals surface area contributed by atoms with Crippen molar-refractivity contribution in [2.24, 2.45) is 0 Å². The van der Waals surface area contributed by atoms with Crippen molar-refractivity contribution in [1.29, 1.82) is 0 Å². The summed E-state index contributed by atoms with van der Waals surface area (Å²) in [5.41, 5.74) is 2.36. The summed E-state index contributed by atoms with van der Waals surface area (Å²) in [6.45, 7) is 1.76. The van der Waals surface area contributed by atoms with Gasteiger partial charge in [-0.2, -0.15) is 0 Å². The lowest BCUT2D eigenvalue weighted by Gasteiger charge is -2.32. The highest BCUT2D eigenvalue weighted by molar-refractivity contribution is 6.30. The Morgan fingerprint density at radius 1 is 1.15 bits per heavy atom. The molecule has 1 N–H and O–H groups in total. The number of ether oxygens (including phenoxy) is 3. The van der Waals surface area contributed by atoms with Crippen molar-refractivity contribution in [3.8, 4) is 5.88 Å². The fraction of sp³-hybridized carbons (Fsp3) is 0.310. The van der Waals surface area contributed by atoms with Crippen molar-refractivity contribution < 1.29 is 33.3 Å². The van der Waals surface area contributed by atoms with Gasteiger partial charge in [-0.25, -0.2) is 23.9 Å². The number of fused-ring (bicyclic) bond motifs is 1. The zero-order valence-corrected chi connectivity index (χ0v) is 22.6. The van der Waals surface area contributed by atoms with Crippen LogP contribution < -0.4 is 4.74 Å². The van der Waals surface area contributed by atoms with Crippen LogP contribution >= 0.6 is 11.6 Å². The monoisotopic (exact) mass is 580 g/mol. The van der Waals surface area contributed by atoms with Crippen LogP contribution in [0.15, 0.2) is 54.6 Å². The van der Waals surface area contributed by atoms with Gasteiger partial charge in [-0.3, -0.25) is 0 Å². The summed E-state index contributed by atoms with van der Waals surface area (Å²) in [6, 6.07) is 14.3. The first kappa shape index (κ1) is 27.0. The maximum absolute atomic E-state index is 14.1. The van der Waals surface area contributed by atoms with E-state index in [4.69, 9.17) is 30.8 Å². The first-order valence-corrected chi connectivity index (χ1v) is 13.5. The lowest BCUT2D eigenvalue weighted by Crippen LogP contribution is -2.40. The average Bonchev–Trinajstić information content (AvgIpc) is 3.27. The van der Waals surface area contributed by atoms with Crippen LogP contribution in [0.3, 0.4) is 0 Å². The molecule has 10 nitrogen and oxygen atoms in total. The molecule has 1 amide bonds. The van der Waals surface area contributed by atoms with Crippen LogP contribution in [0.2, 0.25) is 5.02 Å². The SMILES string of the molecule is O=C(O)c1ccc2nc(CN3CCC(c4cccc(OCc5ccc(Cl)cc5F)n4)OC3=O)n(CC3CCO3)c2c1. The summed E-state index contributed by atoms with van der Waals surface area (Å²) >= 11 is 5.81. The van der Waals surface area contributed by atoms with Gasteiger partial charge in [-0.1, -0.05) is 23.7 Å². The predicted molar refractivity (Wildman–Crippen MR) is 145 cm³/mol. The van der Waals surface area contributed by atoms with Gasteiger partial charge in [0.1, 0.15) is 24.4 Å². The van der Waals surface area contributed by atoms with Crippen LogP contribution in [-0.4, -0.2) is 55.9 Å². The fourth-order valence-corrected chi connectivity index (χ4v) is 5.04. The normalized spacial score (nSPS) is 18.7. The minimum Gasteiger partial charge on any atom is -0.478 e. The molecule has 0 aliphatic carbocycles. The second kappa shape index (κ2) is 11.3. The summed E-state index contributed by atoms with van der Waals surface area (Å²) in [5, 5.41) is 9.76. The van der Waals surface area contributed by atoms with E-state index < -0.39 is 24.0 Å². The summed E-state index contributed by atoms with van der Waals surface area (Å²) in [4.78, 5) is 35.3. The van der Waals surface area contributed by atoms with E-state index in [1.165, 1.54) is 12.1 Å². The number of nitrogens with zero attached hydrogens (tertiary/aromatic N) is 4. The van der Waals surface area contributed by atoms with Crippen molar-refractivity contribution in [3.05, 3.63) is 88.1 Å². The number of hydrogen-bond acceptors (Lipinski definition) is 7. The molecule has 2 saturated heterocycles. The molecule has 2 unspecified atom stereocenters. The van der Waals surface area contributed by atoms with E-state index in [0.29, 0.717) is 59.3 Å². The Morgan fingerprint density at radius 2 is 2.00 bits per heavy atom.